The van der Waals surface area contributed by atoms with Gasteiger partial charge in [-0.2, -0.15) is 0 Å². The molecule has 0 fully saturated rings. The van der Waals surface area contributed by atoms with Crippen LogP contribution in [0.2, 0.25) is 0 Å². The van der Waals surface area contributed by atoms with Crippen LogP contribution >= 0.6 is 0 Å². The molecule has 0 heterocycles. The molecule has 2 N–H and O–H groups in total. The number of nitrogens with one attached hydrogen (secondary N) is 2. The molecule has 0 radical (unpaired) electrons. The summed E-state index contributed by atoms with van der Waals surface area (Å²) in [5.41, 5.74) is 4.43. The summed E-state index contributed by atoms with van der Waals surface area (Å²) in [6.07, 6.45) is 0.899. The fraction of sp³-hybridized carbons (Fsp3) is 0.364. The van der Waals surface area contributed by atoms with E-state index in [4.69, 9.17) is 9.47 Å². The highest BCUT2D eigenvalue weighted by atomic mass is 16.5. The van der Waals surface area contributed by atoms with Gasteiger partial charge in [0.05, 0.1) is 13.7 Å². The van der Waals surface area contributed by atoms with Crippen LogP contribution in [-0.4, -0.2) is 25.5 Å². The van der Waals surface area contributed by atoms with Gasteiger partial charge in [-0.25, -0.2) is 0 Å². The fourth-order valence-corrected chi connectivity index (χ4v) is 2.96. The number of rotatable bonds is 7. The molecule has 0 bridgehead atoms. The van der Waals surface area contributed by atoms with E-state index >= 15 is 0 Å². The number of aryl methyl sites for hydroxylation is 3. The smallest absolute Gasteiger partial charge is 0.313 e. The van der Waals surface area contributed by atoms with E-state index in [1.165, 1.54) is 0 Å². The first kappa shape index (κ1) is 21.3. The lowest BCUT2D eigenvalue weighted by atomic mass is 10.1. The van der Waals surface area contributed by atoms with E-state index in [2.05, 4.69) is 10.6 Å². The maximum atomic E-state index is 12.3. The van der Waals surface area contributed by atoms with Crippen LogP contribution < -0.4 is 20.1 Å². The lowest BCUT2D eigenvalue weighted by molar-refractivity contribution is -0.136. The van der Waals surface area contributed by atoms with Gasteiger partial charge < -0.3 is 20.1 Å². The second-order valence-corrected chi connectivity index (χ2v) is 6.74. The predicted molar refractivity (Wildman–Crippen MR) is 110 cm³/mol. The van der Waals surface area contributed by atoms with Gasteiger partial charge in [0.25, 0.3) is 0 Å². The summed E-state index contributed by atoms with van der Waals surface area (Å²) in [7, 11) is 1.57. The molecular formula is C22H28N2O4. The van der Waals surface area contributed by atoms with Crippen molar-refractivity contribution in [3.63, 3.8) is 0 Å². The first-order chi connectivity index (χ1) is 13.3. The van der Waals surface area contributed by atoms with Gasteiger partial charge in [0, 0.05) is 12.2 Å². The van der Waals surface area contributed by atoms with Gasteiger partial charge >= 0.3 is 11.8 Å². The minimum atomic E-state index is -0.690. The maximum Gasteiger partial charge on any atom is 0.313 e. The van der Waals surface area contributed by atoms with Gasteiger partial charge in [-0.1, -0.05) is 30.7 Å². The Bertz CT molecular complexity index is 839. The Balaban J connectivity index is 1.99. The molecule has 28 heavy (non-hydrogen) atoms. The summed E-state index contributed by atoms with van der Waals surface area (Å²) in [6, 6.07) is 9.36. The van der Waals surface area contributed by atoms with Gasteiger partial charge in [-0.3, -0.25) is 9.59 Å². The quantitative estimate of drug-likeness (QED) is 0.714. The first-order valence-electron chi connectivity index (χ1n) is 9.32. The molecule has 0 atom stereocenters. The van der Waals surface area contributed by atoms with Crippen molar-refractivity contribution in [1.29, 1.82) is 0 Å². The standard InChI is InChI=1S/C22H28N2O4/c1-6-9-28-18-8-7-17(12-19(18)27-5)13-23-21(25)22(26)24-20-15(3)10-14(2)11-16(20)4/h7-8,10-12H,6,9,13H2,1-5H3,(H,23,25)(H,24,26). The molecular weight excluding hydrogens is 356 g/mol. The van der Waals surface area contributed by atoms with Crippen LogP contribution in [0.25, 0.3) is 0 Å². The van der Waals surface area contributed by atoms with Crippen molar-refractivity contribution in [3.05, 3.63) is 52.6 Å². The van der Waals surface area contributed by atoms with Crippen LogP contribution in [-0.2, 0) is 16.1 Å². The maximum absolute atomic E-state index is 12.3. The van der Waals surface area contributed by atoms with E-state index in [0.29, 0.717) is 23.8 Å². The molecule has 0 aromatic heterocycles. The van der Waals surface area contributed by atoms with Gasteiger partial charge in [-0.05, 0) is 56.0 Å². The summed E-state index contributed by atoms with van der Waals surface area (Å²) in [5, 5.41) is 5.34. The van der Waals surface area contributed by atoms with Crippen molar-refractivity contribution in [2.24, 2.45) is 0 Å². The van der Waals surface area contributed by atoms with Crippen LogP contribution in [0.15, 0.2) is 30.3 Å². The fourth-order valence-electron chi connectivity index (χ4n) is 2.96. The minimum absolute atomic E-state index is 0.211. The Hall–Kier alpha value is -3.02. The molecule has 150 valence electrons. The summed E-state index contributed by atoms with van der Waals surface area (Å²) < 4.78 is 11.0. The Kier molecular flexibility index (Phi) is 7.44. The predicted octanol–water partition coefficient (Wildman–Crippen LogP) is 3.66. The number of carbonyl (C=O) groups excluding carboxylic acids is 2. The Morgan fingerprint density at radius 1 is 0.964 bits per heavy atom. The highest BCUT2D eigenvalue weighted by molar-refractivity contribution is 6.39. The first-order valence-corrected chi connectivity index (χ1v) is 9.32. The monoisotopic (exact) mass is 384 g/mol. The molecule has 0 saturated carbocycles. The van der Waals surface area contributed by atoms with Crippen LogP contribution in [0, 0.1) is 20.8 Å². The third-order valence-corrected chi connectivity index (χ3v) is 4.26. The molecule has 2 rings (SSSR count). The van der Waals surface area contributed by atoms with E-state index in [1.807, 2.05) is 45.9 Å². The number of hydrogen-bond acceptors (Lipinski definition) is 4. The second-order valence-electron chi connectivity index (χ2n) is 6.74. The molecule has 2 amide bonds. The number of carbonyl (C=O) groups is 2. The molecule has 0 aliphatic rings. The number of anilines is 1. The van der Waals surface area contributed by atoms with E-state index in [1.54, 1.807) is 19.2 Å². The SMILES string of the molecule is CCCOc1ccc(CNC(=O)C(=O)Nc2c(C)cc(C)cc2C)cc1OC. The van der Waals surface area contributed by atoms with Crippen molar-refractivity contribution in [2.45, 2.75) is 40.7 Å². The summed E-state index contributed by atoms with van der Waals surface area (Å²) in [6.45, 7) is 8.64. The largest absolute Gasteiger partial charge is 0.493 e. The molecule has 2 aromatic carbocycles. The molecule has 0 spiro atoms. The van der Waals surface area contributed by atoms with Gasteiger partial charge in [0.2, 0.25) is 0 Å². The molecule has 6 heteroatoms. The van der Waals surface area contributed by atoms with Crippen molar-refractivity contribution < 1.29 is 19.1 Å². The Morgan fingerprint density at radius 3 is 2.25 bits per heavy atom. The van der Waals surface area contributed by atoms with Crippen LogP contribution in [0.4, 0.5) is 5.69 Å². The van der Waals surface area contributed by atoms with Crippen LogP contribution in [0.5, 0.6) is 11.5 Å². The lowest BCUT2D eigenvalue weighted by Crippen LogP contribution is -2.35. The highest BCUT2D eigenvalue weighted by Gasteiger charge is 2.16. The average molecular weight is 384 g/mol. The lowest BCUT2D eigenvalue weighted by Gasteiger charge is -2.13. The molecule has 0 aliphatic carbocycles. The molecule has 0 saturated heterocycles. The van der Waals surface area contributed by atoms with Crippen molar-refractivity contribution in [3.8, 4) is 11.5 Å². The van der Waals surface area contributed by atoms with Crippen molar-refractivity contribution in [2.75, 3.05) is 19.0 Å². The van der Waals surface area contributed by atoms with Crippen molar-refractivity contribution >= 4 is 17.5 Å². The average Bonchev–Trinajstić information content (AvgIpc) is 2.67. The van der Waals surface area contributed by atoms with Gasteiger partial charge in [-0.15, -0.1) is 0 Å². The minimum Gasteiger partial charge on any atom is -0.493 e. The van der Waals surface area contributed by atoms with E-state index in [-0.39, 0.29) is 6.54 Å². The van der Waals surface area contributed by atoms with Crippen LogP contribution in [0.3, 0.4) is 0 Å². The van der Waals surface area contributed by atoms with Gasteiger partial charge in [0.1, 0.15) is 0 Å². The van der Waals surface area contributed by atoms with E-state index in [0.717, 1.165) is 28.7 Å². The number of amides is 2. The second kappa shape index (κ2) is 9.78. The number of methoxy groups -OCH3 is 1. The molecule has 0 aliphatic heterocycles. The Morgan fingerprint density at radius 2 is 1.64 bits per heavy atom. The summed E-state index contributed by atoms with van der Waals surface area (Å²) in [4.78, 5) is 24.4. The molecule has 0 unspecified atom stereocenters. The number of benzene rings is 2. The Labute approximate surface area is 166 Å². The molecule has 6 nitrogen and oxygen atoms in total. The third-order valence-electron chi connectivity index (χ3n) is 4.26. The van der Waals surface area contributed by atoms with Crippen molar-refractivity contribution in [1.82, 2.24) is 5.32 Å². The zero-order valence-corrected chi connectivity index (χ0v) is 17.1. The highest BCUT2D eigenvalue weighted by Crippen LogP contribution is 2.28. The van der Waals surface area contributed by atoms with E-state index in [9.17, 15) is 9.59 Å². The van der Waals surface area contributed by atoms with Crippen LogP contribution in [0.1, 0.15) is 35.6 Å². The normalized spacial score (nSPS) is 10.3. The topological polar surface area (TPSA) is 76.7 Å². The summed E-state index contributed by atoms with van der Waals surface area (Å²) in [5.74, 6) is -0.132. The third kappa shape index (κ3) is 5.49. The van der Waals surface area contributed by atoms with E-state index < -0.39 is 11.8 Å². The number of ether oxygens (including phenoxy) is 2. The number of hydrogen-bond donors (Lipinski definition) is 2. The summed E-state index contributed by atoms with van der Waals surface area (Å²) >= 11 is 0. The zero-order chi connectivity index (χ0) is 20.7. The molecule has 2 aromatic rings. The zero-order valence-electron chi connectivity index (χ0n) is 17.1. The van der Waals surface area contributed by atoms with Gasteiger partial charge in [0.15, 0.2) is 11.5 Å².